The van der Waals surface area contributed by atoms with Gasteiger partial charge in [-0.2, -0.15) is 0 Å². The minimum atomic E-state index is 1.12. The van der Waals surface area contributed by atoms with Crippen LogP contribution in [0.5, 0.6) is 0 Å². The molecule has 0 bridgehead atoms. The number of hydrogen-bond acceptors (Lipinski definition) is 2. The predicted molar refractivity (Wildman–Crippen MR) is 276 cm³/mol. The zero-order valence-corrected chi connectivity index (χ0v) is 37.0. The van der Waals surface area contributed by atoms with E-state index in [9.17, 15) is 0 Å². The highest BCUT2D eigenvalue weighted by molar-refractivity contribution is 5.87. The van der Waals surface area contributed by atoms with E-state index in [1.165, 1.54) is 44.5 Å². The van der Waals surface area contributed by atoms with Crippen molar-refractivity contribution in [1.29, 1.82) is 0 Å². The summed E-state index contributed by atoms with van der Waals surface area (Å²) in [5.41, 5.74) is 21.2. The Balaban J connectivity index is 0.926. The van der Waals surface area contributed by atoms with Crippen molar-refractivity contribution in [3.63, 3.8) is 0 Å². The molecule has 0 aliphatic heterocycles. The average molecular weight is 825 g/mol. The second kappa shape index (κ2) is 19.0. The van der Waals surface area contributed by atoms with Gasteiger partial charge >= 0.3 is 0 Å². The van der Waals surface area contributed by atoms with Gasteiger partial charge in [0, 0.05) is 34.1 Å². The topological polar surface area (TPSA) is 6.48 Å². The van der Waals surface area contributed by atoms with Crippen LogP contribution < -0.4 is 9.80 Å². The maximum atomic E-state index is 2.31. The number of rotatable bonds is 12. The predicted octanol–water partition coefficient (Wildman–Crippen LogP) is 17.5. The summed E-state index contributed by atoms with van der Waals surface area (Å²) in [6.45, 7) is 8.51. The maximum Gasteiger partial charge on any atom is 0.0462 e. The Hall–Kier alpha value is -7.94. The first-order valence-electron chi connectivity index (χ1n) is 22.1. The standard InChI is InChI=1S/C62H52N2/c1-45-10-31-55(32-11-45)63(56-33-12-46(2)13-34-56)59-39-24-50(25-40-59)19-18-49-22-29-54(30-23-49)61-43-28-52(44-62(61)53-8-6-5-7-9-53)21-20-51-26-41-60(42-27-51)64(57-35-14-47(3)15-36-57)58-37-16-48(4)17-38-58/h5-44H,1-4H3. The summed E-state index contributed by atoms with van der Waals surface area (Å²) in [5.74, 6) is 0. The molecular formula is C62H52N2. The zero-order chi connectivity index (χ0) is 43.8. The van der Waals surface area contributed by atoms with Crippen LogP contribution in [0, 0.1) is 27.7 Å². The van der Waals surface area contributed by atoms with Gasteiger partial charge in [0.25, 0.3) is 0 Å². The first-order valence-corrected chi connectivity index (χ1v) is 22.1. The smallest absolute Gasteiger partial charge is 0.0462 e. The van der Waals surface area contributed by atoms with E-state index in [0.29, 0.717) is 0 Å². The van der Waals surface area contributed by atoms with Crippen LogP contribution in [0.25, 0.3) is 46.6 Å². The molecule has 64 heavy (non-hydrogen) atoms. The van der Waals surface area contributed by atoms with Gasteiger partial charge in [0.05, 0.1) is 0 Å². The van der Waals surface area contributed by atoms with E-state index in [4.69, 9.17) is 0 Å². The lowest BCUT2D eigenvalue weighted by molar-refractivity contribution is 1.27. The summed E-state index contributed by atoms with van der Waals surface area (Å²) >= 11 is 0. The third kappa shape index (κ3) is 9.73. The van der Waals surface area contributed by atoms with Crippen LogP contribution in [0.1, 0.15) is 44.5 Å². The molecule has 0 spiro atoms. The lowest BCUT2D eigenvalue weighted by Crippen LogP contribution is -2.09. The van der Waals surface area contributed by atoms with E-state index < -0.39 is 0 Å². The molecular weight excluding hydrogens is 773 g/mol. The Morgan fingerprint density at radius 3 is 0.891 bits per heavy atom. The molecule has 0 amide bonds. The Labute approximate surface area is 379 Å². The van der Waals surface area contributed by atoms with Crippen LogP contribution in [0.2, 0.25) is 0 Å². The van der Waals surface area contributed by atoms with Crippen LogP contribution in [-0.4, -0.2) is 0 Å². The minimum Gasteiger partial charge on any atom is -0.311 e. The highest BCUT2D eigenvalue weighted by Gasteiger charge is 2.14. The van der Waals surface area contributed by atoms with Gasteiger partial charge in [-0.3, -0.25) is 0 Å². The molecule has 0 radical (unpaired) electrons. The second-order valence-electron chi connectivity index (χ2n) is 16.7. The van der Waals surface area contributed by atoms with Gasteiger partial charge < -0.3 is 9.80 Å². The van der Waals surface area contributed by atoms with Crippen molar-refractivity contribution >= 4 is 58.4 Å². The van der Waals surface area contributed by atoms with Crippen LogP contribution in [-0.2, 0) is 0 Å². The normalized spacial score (nSPS) is 11.3. The molecule has 9 aromatic rings. The Kier molecular flexibility index (Phi) is 12.3. The molecule has 9 aromatic carbocycles. The third-order valence-corrected chi connectivity index (χ3v) is 11.8. The molecule has 0 heterocycles. The number of anilines is 6. The van der Waals surface area contributed by atoms with Crippen molar-refractivity contribution in [2.45, 2.75) is 27.7 Å². The fourth-order valence-electron chi connectivity index (χ4n) is 8.07. The number of benzene rings is 9. The van der Waals surface area contributed by atoms with Crippen molar-refractivity contribution in [2.75, 3.05) is 9.80 Å². The quantitative estimate of drug-likeness (QED) is 0.113. The fraction of sp³-hybridized carbons (Fsp3) is 0.0645. The third-order valence-electron chi connectivity index (χ3n) is 11.8. The molecule has 2 heteroatoms. The van der Waals surface area contributed by atoms with Gasteiger partial charge in [-0.05, 0) is 151 Å². The van der Waals surface area contributed by atoms with Gasteiger partial charge in [0.15, 0.2) is 0 Å². The van der Waals surface area contributed by atoms with Gasteiger partial charge in [0.2, 0.25) is 0 Å². The van der Waals surface area contributed by atoms with Crippen molar-refractivity contribution < 1.29 is 0 Å². The Morgan fingerprint density at radius 2 is 0.531 bits per heavy atom. The van der Waals surface area contributed by atoms with E-state index in [0.717, 1.165) is 56.4 Å². The van der Waals surface area contributed by atoms with E-state index >= 15 is 0 Å². The molecule has 0 aliphatic carbocycles. The molecule has 0 saturated carbocycles. The molecule has 0 N–H and O–H groups in total. The largest absolute Gasteiger partial charge is 0.311 e. The number of hydrogen-bond donors (Lipinski definition) is 0. The first-order chi connectivity index (χ1) is 31.3. The zero-order valence-electron chi connectivity index (χ0n) is 37.0. The minimum absolute atomic E-state index is 1.12. The average Bonchev–Trinajstić information content (AvgIpc) is 3.34. The van der Waals surface area contributed by atoms with E-state index in [1.807, 2.05) is 0 Å². The Morgan fingerprint density at radius 1 is 0.250 bits per heavy atom. The first kappa shape index (κ1) is 41.4. The number of aryl methyl sites for hydroxylation is 4. The van der Waals surface area contributed by atoms with Crippen LogP contribution >= 0.6 is 0 Å². The molecule has 2 nitrogen and oxygen atoms in total. The molecule has 0 unspecified atom stereocenters. The van der Waals surface area contributed by atoms with Crippen LogP contribution in [0.15, 0.2) is 218 Å². The monoisotopic (exact) mass is 824 g/mol. The summed E-state index contributed by atoms with van der Waals surface area (Å²) in [6, 6.07) is 78.9. The molecule has 9 rings (SSSR count). The van der Waals surface area contributed by atoms with Crippen LogP contribution in [0.4, 0.5) is 34.1 Å². The van der Waals surface area contributed by atoms with E-state index in [1.54, 1.807) is 0 Å². The molecule has 0 fully saturated rings. The van der Waals surface area contributed by atoms with Crippen molar-refractivity contribution in [2.24, 2.45) is 0 Å². The van der Waals surface area contributed by atoms with E-state index in [2.05, 4.69) is 280 Å². The summed E-state index contributed by atoms with van der Waals surface area (Å²) in [6.07, 6.45) is 8.80. The van der Waals surface area contributed by atoms with Gasteiger partial charge in [-0.25, -0.2) is 0 Å². The summed E-state index contributed by atoms with van der Waals surface area (Å²) in [5, 5.41) is 0. The van der Waals surface area contributed by atoms with Crippen molar-refractivity contribution in [3.05, 3.63) is 263 Å². The fourth-order valence-corrected chi connectivity index (χ4v) is 8.07. The molecule has 0 atom stereocenters. The second-order valence-corrected chi connectivity index (χ2v) is 16.7. The lowest BCUT2D eigenvalue weighted by Gasteiger charge is -2.25. The summed E-state index contributed by atoms with van der Waals surface area (Å²) in [4.78, 5) is 4.62. The molecule has 0 aliphatic rings. The van der Waals surface area contributed by atoms with Gasteiger partial charge in [-0.1, -0.05) is 186 Å². The summed E-state index contributed by atoms with van der Waals surface area (Å²) in [7, 11) is 0. The lowest BCUT2D eigenvalue weighted by atomic mass is 9.92. The van der Waals surface area contributed by atoms with Crippen molar-refractivity contribution in [3.8, 4) is 22.3 Å². The summed E-state index contributed by atoms with van der Waals surface area (Å²) < 4.78 is 0. The highest BCUT2D eigenvalue weighted by atomic mass is 15.1. The van der Waals surface area contributed by atoms with Gasteiger partial charge in [-0.15, -0.1) is 0 Å². The SMILES string of the molecule is Cc1ccc(N(c2ccc(C)cc2)c2ccc(C=Cc3ccc(-c4ccc(C=Cc5ccc(N(c6ccc(C)cc6)c6ccc(C)cc6)cc5)cc4-c4ccccc4)cc3)cc2)cc1. The molecule has 310 valence electrons. The highest BCUT2D eigenvalue weighted by Crippen LogP contribution is 2.38. The van der Waals surface area contributed by atoms with Gasteiger partial charge in [0.1, 0.15) is 0 Å². The maximum absolute atomic E-state index is 2.31. The number of nitrogens with zero attached hydrogens (tertiary/aromatic N) is 2. The van der Waals surface area contributed by atoms with Crippen molar-refractivity contribution in [1.82, 2.24) is 0 Å². The van der Waals surface area contributed by atoms with E-state index in [-0.39, 0.29) is 0 Å². The molecule has 0 saturated heterocycles. The van der Waals surface area contributed by atoms with Crippen LogP contribution in [0.3, 0.4) is 0 Å². The Bertz CT molecular complexity index is 2910. The molecule has 0 aromatic heterocycles.